The molecular formula is C24H32N6O16S. The zero-order valence-electron chi connectivity index (χ0n) is 25.7. The van der Waals surface area contributed by atoms with E-state index >= 15 is 0 Å². The molecule has 0 radical (unpaired) electrons. The summed E-state index contributed by atoms with van der Waals surface area (Å²) in [5.74, 6) is -5.90. The molecule has 0 aliphatic carbocycles. The second kappa shape index (κ2) is 16.5. The lowest BCUT2D eigenvalue weighted by Gasteiger charge is -2.51. The van der Waals surface area contributed by atoms with Crippen LogP contribution in [0.2, 0.25) is 0 Å². The number of esters is 6. The highest BCUT2D eigenvalue weighted by Gasteiger charge is 2.64. The summed E-state index contributed by atoms with van der Waals surface area (Å²) in [7, 11) is 0. The van der Waals surface area contributed by atoms with E-state index in [-0.39, 0.29) is 0 Å². The molecule has 2 heterocycles. The molecule has 0 unspecified atom stereocenters. The van der Waals surface area contributed by atoms with E-state index in [0.717, 1.165) is 41.5 Å². The summed E-state index contributed by atoms with van der Waals surface area (Å²) in [6.45, 7) is 4.26. The van der Waals surface area contributed by atoms with Gasteiger partial charge < -0.3 is 48.1 Å². The van der Waals surface area contributed by atoms with Gasteiger partial charge >= 0.3 is 35.8 Å². The van der Waals surface area contributed by atoms with E-state index in [4.69, 9.17) is 37.9 Å². The predicted molar refractivity (Wildman–Crippen MR) is 149 cm³/mol. The molecule has 2 rings (SSSR count). The molecule has 0 bridgehead atoms. The molecule has 2 aliphatic rings. The monoisotopic (exact) mass is 692 g/mol. The molecule has 2 aliphatic heterocycles. The van der Waals surface area contributed by atoms with Gasteiger partial charge in [-0.3, -0.25) is 28.8 Å². The van der Waals surface area contributed by atoms with Gasteiger partial charge in [-0.05, 0) is 11.1 Å². The molecule has 0 saturated carbocycles. The van der Waals surface area contributed by atoms with Crippen LogP contribution in [-0.2, 0) is 66.7 Å². The van der Waals surface area contributed by atoms with Crippen molar-refractivity contribution in [3.8, 4) is 0 Å². The van der Waals surface area contributed by atoms with Crippen LogP contribution in [0.4, 0.5) is 0 Å². The Labute approximate surface area is 269 Å². The van der Waals surface area contributed by atoms with Crippen LogP contribution in [-0.4, -0.2) is 118 Å². The van der Waals surface area contributed by atoms with Gasteiger partial charge in [-0.1, -0.05) is 22.0 Å². The Morgan fingerprint density at radius 3 is 1.17 bits per heavy atom. The van der Waals surface area contributed by atoms with Crippen LogP contribution in [0.5, 0.6) is 0 Å². The number of azide groups is 2. The molecule has 2 saturated heterocycles. The predicted octanol–water partition coefficient (Wildman–Crippen LogP) is 0.0202. The maximum Gasteiger partial charge on any atom is 0.303 e. The number of carbonyl (C=O) groups is 6. The van der Waals surface area contributed by atoms with Gasteiger partial charge in [0.05, 0.1) is 0 Å². The van der Waals surface area contributed by atoms with E-state index in [1.807, 2.05) is 0 Å². The number of ether oxygens (including phenoxy) is 8. The summed E-state index contributed by atoms with van der Waals surface area (Å²) in [6, 6.07) is 0. The third-order valence-corrected chi connectivity index (χ3v) is 7.47. The van der Waals surface area contributed by atoms with Gasteiger partial charge in [0.25, 0.3) is 0 Å². The van der Waals surface area contributed by atoms with Gasteiger partial charge in [0.1, 0.15) is 36.3 Å². The summed E-state index contributed by atoms with van der Waals surface area (Å²) < 4.78 is 42.6. The van der Waals surface area contributed by atoms with Crippen LogP contribution in [0, 0.1) is 0 Å². The largest absolute Gasteiger partial charge is 0.463 e. The third-order valence-electron chi connectivity index (χ3n) is 6.21. The van der Waals surface area contributed by atoms with Crippen molar-refractivity contribution in [2.24, 2.45) is 10.2 Å². The first-order valence-corrected chi connectivity index (χ1v) is 14.3. The van der Waals surface area contributed by atoms with Gasteiger partial charge in [-0.15, -0.1) is 0 Å². The minimum Gasteiger partial charge on any atom is -0.463 e. The average Bonchev–Trinajstić information content (AvgIpc) is 2.93. The standard InChI is InChI=1S/C24H32N6O16S/c1-9(31)39-7-15-17(41-11(3)33)23(37,27-29-25)19(43-13(5)35)21(45-15)47-22-20(44-14(6)36)24(38,28-30-26)18(42-12(4)34)16(46-22)8-40-10(2)32/h15-22,37-38H,7-8H2,1-6H3/t15-,16-,17+,18+,19+,20+,21+,22+,23+,24+/m1/s1. The smallest absolute Gasteiger partial charge is 0.303 e. The lowest BCUT2D eigenvalue weighted by molar-refractivity contribution is -0.272. The molecule has 22 nitrogen and oxygen atoms in total. The van der Waals surface area contributed by atoms with Gasteiger partial charge in [-0.25, -0.2) is 0 Å². The summed E-state index contributed by atoms with van der Waals surface area (Å²) in [5, 5.41) is 30.0. The van der Waals surface area contributed by atoms with E-state index < -0.39 is 108 Å². The number of carbonyl (C=O) groups excluding carboxylic acids is 6. The lowest BCUT2D eigenvalue weighted by Crippen LogP contribution is -2.70. The fourth-order valence-corrected chi connectivity index (χ4v) is 6.06. The van der Waals surface area contributed by atoms with Crippen LogP contribution in [0.15, 0.2) is 10.2 Å². The highest BCUT2D eigenvalue weighted by molar-refractivity contribution is 8.00. The van der Waals surface area contributed by atoms with E-state index in [2.05, 4.69) is 20.1 Å². The van der Waals surface area contributed by atoms with Crippen molar-refractivity contribution < 1.29 is 76.9 Å². The average molecular weight is 693 g/mol. The SMILES string of the molecule is CC(=O)OC[C@H]1O[C@@H](S[C@@H]2O[C@H](COC(C)=O)[C@H](OC(C)=O)[C@@](O)(N=[N+]=[N-])[C@H]2OC(C)=O)[C@H](OC(C)=O)[C@](O)(N=[N+]=[N-])[C@H]1OC(C)=O. The molecule has 47 heavy (non-hydrogen) atoms. The molecule has 2 fully saturated rings. The van der Waals surface area contributed by atoms with Crippen LogP contribution >= 0.6 is 11.8 Å². The van der Waals surface area contributed by atoms with Crippen molar-refractivity contribution in [3.05, 3.63) is 20.9 Å². The molecule has 0 spiro atoms. The van der Waals surface area contributed by atoms with E-state index in [0.29, 0.717) is 11.8 Å². The third kappa shape index (κ3) is 9.81. The minimum atomic E-state index is -2.98. The fourth-order valence-electron chi connectivity index (χ4n) is 4.59. The minimum absolute atomic E-state index is 0.368. The quantitative estimate of drug-likeness (QED) is 0.0894. The fraction of sp³-hybridized carbons (Fsp3) is 0.750. The number of rotatable bonds is 12. The topological polar surface area (TPSA) is 314 Å². The summed E-state index contributed by atoms with van der Waals surface area (Å²) in [6.07, 6.45) is -11.4. The zero-order valence-corrected chi connectivity index (χ0v) is 26.6. The highest BCUT2D eigenvalue weighted by Crippen LogP contribution is 2.46. The molecule has 0 amide bonds. The first-order valence-electron chi connectivity index (χ1n) is 13.4. The van der Waals surface area contributed by atoms with Crippen molar-refractivity contribution in [1.29, 1.82) is 0 Å². The number of hydrogen-bond acceptors (Lipinski definition) is 19. The Bertz CT molecular complexity index is 1240. The zero-order chi connectivity index (χ0) is 35.7. The maximum absolute atomic E-state index is 12.2. The van der Waals surface area contributed by atoms with E-state index in [1.165, 1.54) is 0 Å². The number of thioether (sulfide) groups is 1. The van der Waals surface area contributed by atoms with Gasteiger partial charge in [0.2, 0.25) is 11.4 Å². The molecule has 2 N–H and O–H groups in total. The molecule has 0 aromatic carbocycles. The summed E-state index contributed by atoms with van der Waals surface area (Å²) in [5.41, 5.74) is 9.16. The van der Waals surface area contributed by atoms with Crippen molar-refractivity contribution in [3.63, 3.8) is 0 Å². The normalized spacial score (nSPS) is 33.0. The van der Waals surface area contributed by atoms with E-state index in [1.54, 1.807) is 0 Å². The number of nitrogens with zero attached hydrogens (tertiary/aromatic N) is 6. The molecule has 0 aromatic rings. The number of hydrogen-bond donors (Lipinski definition) is 2. The Morgan fingerprint density at radius 2 is 0.915 bits per heavy atom. The summed E-state index contributed by atoms with van der Waals surface area (Å²) in [4.78, 5) is 76.8. The Morgan fingerprint density at radius 1 is 0.617 bits per heavy atom. The molecule has 10 atom stereocenters. The van der Waals surface area contributed by atoms with Crippen molar-refractivity contribution in [2.75, 3.05) is 13.2 Å². The maximum atomic E-state index is 12.2. The Balaban J connectivity index is 2.79. The van der Waals surface area contributed by atoms with E-state index in [9.17, 15) is 50.0 Å². The van der Waals surface area contributed by atoms with Crippen LogP contribution in [0.3, 0.4) is 0 Å². The van der Waals surface area contributed by atoms with Crippen LogP contribution in [0.1, 0.15) is 41.5 Å². The molecule has 23 heteroatoms. The van der Waals surface area contributed by atoms with Gasteiger partial charge in [0.15, 0.2) is 24.4 Å². The molecular weight excluding hydrogens is 660 g/mol. The van der Waals surface area contributed by atoms with Gasteiger partial charge in [0, 0.05) is 51.4 Å². The van der Waals surface area contributed by atoms with Gasteiger partial charge in [-0.2, -0.15) is 0 Å². The number of aliphatic hydroxyl groups is 2. The van der Waals surface area contributed by atoms with Crippen molar-refractivity contribution >= 4 is 47.6 Å². The Hall–Kier alpha value is -4.37. The van der Waals surface area contributed by atoms with Crippen LogP contribution in [0.25, 0.3) is 20.9 Å². The highest BCUT2D eigenvalue weighted by atomic mass is 32.2. The molecule has 260 valence electrons. The first kappa shape index (κ1) is 38.8. The van der Waals surface area contributed by atoms with Crippen molar-refractivity contribution in [2.45, 2.75) is 100 Å². The Kier molecular flexibility index (Phi) is 13.6. The second-order valence-electron chi connectivity index (χ2n) is 9.89. The second-order valence-corrected chi connectivity index (χ2v) is 11.1. The van der Waals surface area contributed by atoms with Crippen LogP contribution < -0.4 is 0 Å². The lowest BCUT2D eigenvalue weighted by atomic mass is 9.92. The summed E-state index contributed by atoms with van der Waals surface area (Å²) >= 11 is 0.368. The first-order chi connectivity index (χ1) is 21.9. The van der Waals surface area contributed by atoms with Crippen molar-refractivity contribution in [1.82, 2.24) is 0 Å². The molecule has 0 aromatic heterocycles.